The molecular weight excluding hydrogens is 90.0 g/mol. The molecule has 0 saturated heterocycles. The average Bonchev–Trinajstić information content (AvgIpc) is 1.35. The molecule has 1 nitrogen and oxygen atoms in total. The molecule has 0 unspecified atom stereocenters. The third-order valence-electron chi connectivity index (χ3n) is 0.211. The van der Waals surface area contributed by atoms with Crippen molar-refractivity contribution in [1.82, 2.24) is 0 Å². The third kappa shape index (κ3) is 3.69. The molecule has 0 heterocycles. The zero-order valence-electron chi connectivity index (χ0n) is 3.08. The van der Waals surface area contributed by atoms with Gasteiger partial charge in [-0.25, -0.2) is 0 Å². The molecular formula is C3H4F2O. The fourth-order valence-corrected chi connectivity index (χ4v) is 0. The van der Waals surface area contributed by atoms with Crippen molar-refractivity contribution in [3.05, 3.63) is 6.92 Å². The van der Waals surface area contributed by atoms with Crippen LogP contribution in [-0.2, 0) is 0 Å². The first-order valence-corrected chi connectivity index (χ1v) is 1.37. The van der Waals surface area contributed by atoms with Crippen molar-refractivity contribution in [1.29, 1.82) is 0 Å². The summed E-state index contributed by atoms with van der Waals surface area (Å²) in [4.78, 5) is 0. The van der Waals surface area contributed by atoms with Gasteiger partial charge in [-0.3, -0.25) is 0 Å². The van der Waals surface area contributed by atoms with Crippen molar-refractivity contribution in [3.8, 4) is 0 Å². The van der Waals surface area contributed by atoms with E-state index in [0.29, 0.717) is 0 Å². The molecule has 0 aromatic carbocycles. The maximum Gasteiger partial charge on any atom is 0.369 e. The topological polar surface area (TPSA) is 23.1 Å². The molecule has 0 rings (SSSR count). The highest BCUT2D eigenvalue weighted by atomic mass is 19.3. The molecule has 0 amide bonds. The maximum atomic E-state index is 11.0. The van der Waals surface area contributed by atoms with Crippen LogP contribution >= 0.6 is 0 Å². The van der Waals surface area contributed by atoms with Crippen molar-refractivity contribution in [2.75, 3.05) is 6.61 Å². The van der Waals surface area contributed by atoms with E-state index < -0.39 is 12.5 Å². The quantitative estimate of drug-likeness (QED) is 0.413. The van der Waals surface area contributed by atoms with Gasteiger partial charge >= 0.3 is 5.92 Å². The summed E-state index contributed by atoms with van der Waals surface area (Å²) in [6, 6.07) is 0. The van der Waals surface area contributed by atoms with Gasteiger partial charge < -0.3 is 5.11 Å². The molecule has 0 spiro atoms. The van der Waals surface area contributed by atoms with Gasteiger partial charge in [-0.05, 0) is 6.61 Å². The number of hydrogen-bond donors (Lipinski definition) is 0. The molecule has 0 fully saturated rings. The number of halogens is 2. The summed E-state index contributed by atoms with van der Waals surface area (Å²) in [6.07, 6.45) is 0. The Labute approximate surface area is 34.6 Å². The van der Waals surface area contributed by atoms with E-state index in [2.05, 4.69) is 6.92 Å². The standard InChI is InChI=1S/C3H4F2O/c1-3(4,5)2-6/h1-2H2. The van der Waals surface area contributed by atoms with Crippen LogP contribution in [-0.4, -0.2) is 12.5 Å². The Bertz CT molecular complexity index is 38.5. The Balaban J connectivity index is 3.17. The minimum absolute atomic E-state index is 1.42. The average molecular weight is 94.1 g/mol. The summed E-state index contributed by atoms with van der Waals surface area (Å²) in [5, 5.41) is 9.14. The van der Waals surface area contributed by atoms with Gasteiger partial charge in [0.2, 0.25) is 0 Å². The Morgan fingerprint density at radius 3 is 1.83 bits per heavy atom. The summed E-state index contributed by atoms with van der Waals surface area (Å²) < 4.78 is 22.1. The molecule has 6 heavy (non-hydrogen) atoms. The first-order valence-electron chi connectivity index (χ1n) is 1.37. The number of alkyl halides is 2. The number of rotatable bonds is 1. The molecule has 0 bridgehead atoms. The second-order valence-corrected chi connectivity index (χ2v) is 1.00. The van der Waals surface area contributed by atoms with Gasteiger partial charge in [0.1, 0.15) is 6.92 Å². The van der Waals surface area contributed by atoms with Crippen molar-refractivity contribution in [2.45, 2.75) is 5.92 Å². The Morgan fingerprint density at radius 1 is 1.67 bits per heavy atom. The van der Waals surface area contributed by atoms with Gasteiger partial charge in [0.25, 0.3) is 0 Å². The molecule has 0 atom stereocenters. The van der Waals surface area contributed by atoms with Crippen LogP contribution < -0.4 is 5.11 Å². The first-order chi connectivity index (χ1) is 2.56. The van der Waals surface area contributed by atoms with Gasteiger partial charge in [-0.15, -0.1) is 0 Å². The Kier molecular flexibility index (Phi) is 1.35. The van der Waals surface area contributed by atoms with Crippen LogP contribution in [0.25, 0.3) is 0 Å². The predicted molar refractivity (Wildman–Crippen MR) is 15.2 cm³/mol. The lowest BCUT2D eigenvalue weighted by molar-refractivity contribution is -0.400. The van der Waals surface area contributed by atoms with Crippen LogP contribution in [0.5, 0.6) is 0 Å². The molecule has 0 aromatic heterocycles. The molecule has 0 aliphatic rings. The lowest BCUT2D eigenvalue weighted by Gasteiger charge is -2.03. The van der Waals surface area contributed by atoms with Gasteiger partial charge in [0.15, 0.2) is 0 Å². The largest absolute Gasteiger partial charge is 0.847 e. The highest BCUT2D eigenvalue weighted by Crippen LogP contribution is 2.05. The van der Waals surface area contributed by atoms with Gasteiger partial charge in [0, 0.05) is 0 Å². The van der Waals surface area contributed by atoms with Crippen LogP contribution in [0.15, 0.2) is 0 Å². The molecule has 0 radical (unpaired) electrons. The van der Waals surface area contributed by atoms with Crippen LogP contribution in [0, 0.1) is 6.92 Å². The SMILES string of the molecule is [CH2+]C(F)(F)C[O-]. The molecule has 0 N–H and O–H groups in total. The minimum Gasteiger partial charge on any atom is -0.847 e. The highest BCUT2D eigenvalue weighted by molar-refractivity contribution is 4.63. The maximum absolute atomic E-state index is 11.0. The summed E-state index contributed by atoms with van der Waals surface area (Å²) in [7, 11) is 0. The van der Waals surface area contributed by atoms with Crippen LogP contribution in [0.2, 0.25) is 0 Å². The summed E-state index contributed by atoms with van der Waals surface area (Å²) in [5.74, 6) is -3.26. The zero-order valence-corrected chi connectivity index (χ0v) is 3.08. The minimum atomic E-state index is -3.26. The fraction of sp³-hybridized carbons (Fsp3) is 0.667. The summed E-state index contributed by atoms with van der Waals surface area (Å²) in [5.41, 5.74) is 0. The van der Waals surface area contributed by atoms with Crippen molar-refractivity contribution < 1.29 is 13.9 Å². The van der Waals surface area contributed by atoms with Gasteiger partial charge in [0.05, 0.1) is 0 Å². The lowest BCUT2D eigenvalue weighted by atomic mass is 10.4. The monoisotopic (exact) mass is 94.0 g/mol. The normalized spacial score (nSPS) is 11.8. The van der Waals surface area contributed by atoms with E-state index in [1.165, 1.54) is 0 Å². The second-order valence-electron chi connectivity index (χ2n) is 1.00. The third-order valence-corrected chi connectivity index (χ3v) is 0.211. The van der Waals surface area contributed by atoms with E-state index in [1.807, 2.05) is 0 Å². The van der Waals surface area contributed by atoms with Crippen molar-refractivity contribution in [3.63, 3.8) is 0 Å². The molecule has 36 valence electrons. The number of hydrogen-bond acceptors (Lipinski definition) is 1. The molecule has 0 aliphatic carbocycles. The van der Waals surface area contributed by atoms with E-state index in [0.717, 1.165) is 0 Å². The van der Waals surface area contributed by atoms with E-state index >= 15 is 0 Å². The Hall–Kier alpha value is -0.310. The molecule has 3 heteroatoms. The van der Waals surface area contributed by atoms with Gasteiger partial charge in [-0.2, -0.15) is 8.78 Å². The highest BCUT2D eigenvalue weighted by Gasteiger charge is 2.22. The van der Waals surface area contributed by atoms with Crippen LogP contribution in [0.4, 0.5) is 8.78 Å². The van der Waals surface area contributed by atoms with Crippen molar-refractivity contribution in [2.24, 2.45) is 0 Å². The molecule has 0 aromatic rings. The Morgan fingerprint density at radius 2 is 1.83 bits per heavy atom. The van der Waals surface area contributed by atoms with E-state index in [-0.39, 0.29) is 0 Å². The fourth-order valence-electron chi connectivity index (χ4n) is 0. The molecule has 0 saturated carbocycles. The predicted octanol–water partition coefficient (Wildman–Crippen LogP) is -0.184. The second kappa shape index (κ2) is 1.43. The van der Waals surface area contributed by atoms with Crippen molar-refractivity contribution >= 4 is 0 Å². The van der Waals surface area contributed by atoms with Crippen LogP contribution in [0.1, 0.15) is 0 Å². The van der Waals surface area contributed by atoms with E-state index in [9.17, 15) is 8.78 Å². The lowest BCUT2D eigenvalue weighted by Crippen LogP contribution is -2.26. The summed E-state index contributed by atoms with van der Waals surface area (Å²) in [6.45, 7) is 0.819. The van der Waals surface area contributed by atoms with Gasteiger partial charge in [-0.1, -0.05) is 0 Å². The van der Waals surface area contributed by atoms with E-state index in [1.54, 1.807) is 0 Å². The summed E-state index contributed by atoms with van der Waals surface area (Å²) >= 11 is 0. The zero-order chi connectivity index (χ0) is 5.21. The first kappa shape index (κ1) is 5.69. The smallest absolute Gasteiger partial charge is 0.369 e. The van der Waals surface area contributed by atoms with E-state index in [4.69, 9.17) is 5.11 Å². The van der Waals surface area contributed by atoms with Crippen LogP contribution in [0.3, 0.4) is 0 Å². The molecule has 0 aliphatic heterocycles.